The Kier molecular flexibility index (Phi) is 6.17. The summed E-state index contributed by atoms with van der Waals surface area (Å²) >= 11 is 0. The average molecular weight is 385 g/mol. The third kappa shape index (κ3) is 5.40. The van der Waals surface area contributed by atoms with Crippen LogP contribution >= 0.6 is 0 Å². The zero-order valence-electron chi connectivity index (χ0n) is 15.3. The molecule has 2 N–H and O–H groups in total. The lowest BCUT2D eigenvalue weighted by molar-refractivity contribution is -0.255. The maximum Gasteiger partial charge on any atom is 0.272 e. The Bertz CT molecular complexity index is 1060. The van der Waals surface area contributed by atoms with Gasteiger partial charge in [0, 0.05) is 11.3 Å². The molecule has 0 heterocycles. The highest BCUT2D eigenvalue weighted by molar-refractivity contribution is 6.10. The Morgan fingerprint density at radius 2 is 1.38 bits per heavy atom. The predicted molar refractivity (Wildman–Crippen MR) is 108 cm³/mol. The first-order valence-electron chi connectivity index (χ1n) is 8.79. The summed E-state index contributed by atoms with van der Waals surface area (Å²) in [5.41, 5.74) is 1.34. The Morgan fingerprint density at radius 3 is 2.03 bits per heavy atom. The number of carboxylic acid groups (broad SMARTS) is 1. The lowest BCUT2D eigenvalue weighted by atomic mass is 10.1. The largest absolute Gasteiger partial charge is 0.545 e. The van der Waals surface area contributed by atoms with Crippen LogP contribution < -0.4 is 15.7 Å². The summed E-state index contributed by atoms with van der Waals surface area (Å²) in [4.78, 5) is 36.4. The van der Waals surface area contributed by atoms with Gasteiger partial charge in [-0.05, 0) is 41.5 Å². The minimum atomic E-state index is -1.35. The predicted octanol–water partition coefficient (Wildman–Crippen LogP) is 2.46. The molecular formula is C23H17N2O4-. The number of nitrogens with one attached hydrogen (secondary N) is 2. The fraction of sp³-hybridized carbons (Fsp3) is 0. The number of amides is 2. The van der Waals surface area contributed by atoms with Gasteiger partial charge in [-0.2, -0.15) is 0 Å². The van der Waals surface area contributed by atoms with Crippen molar-refractivity contribution in [2.24, 2.45) is 0 Å². The quantitative estimate of drug-likeness (QED) is 0.637. The van der Waals surface area contributed by atoms with Crippen molar-refractivity contribution in [2.45, 2.75) is 0 Å². The molecule has 0 saturated heterocycles. The molecule has 29 heavy (non-hydrogen) atoms. The van der Waals surface area contributed by atoms with Crippen molar-refractivity contribution in [1.82, 2.24) is 5.32 Å². The highest BCUT2D eigenvalue weighted by Gasteiger charge is 2.15. The van der Waals surface area contributed by atoms with E-state index in [1.54, 1.807) is 54.6 Å². The van der Waals surface area contributed by atoms with Gasteiger partial charge in [-0.1, -0.05) is 60.7 Å². The number of rotatable bonds is 6. The third-order valence-electron chi connectivity index (χ3n) is 4.00. The summed E-state index contributed by atoms with van der Waals surface area (Å²) in [5.74, 6) is -2.38. The maximum absolute atomic E-state index is 12.8. The molecule has 3 aromatic carbocycles. The summed E-state index contributed by atoms with van der Waals surface area (Å²) in [7, 11) is 0. The molecule has 3 aromatic rings. The SMILES string of the molecule is O=C(Nc1cccc(C(=O)[O-])c1)/C(=C\c1ccccc1)NC(=O)c1ccccc1. The lowest BCUT2D eigenvalue weighted by Crippen LogP contribution is -2.30. The van der Waals surface area contributed by atoms with Crippen LogP contribution in [-0.2, 0) is 4.79 Å². The van der Waals surface area contributed by atoms with Gasteiger partial charge < -0.3 is 20.5 Å². The molecule has 0 atom stereocenters. The normalized spacial score (nSPS) is 10.8. The van der Waals surface area contributed by atoms with Crippen molar-refractivity contribution in [2.75, 3.05) is 5.32 Å². The van der Waals surface area contributed by atoms with E-state index < -0.39 is 17.8 Å². The Labute approximate surface area is 167 Å². The van der Waals surface area contributed by atoms with E-state index in [0.29, 0.717) is 5.56 Å². The summed E-state index contributed by atoms with van der Waals surface area (Å²) in [6.07, 6.45) is 1.54. The highest BCUT2D eigenvalue weighted by atomic mass is 16.4. The first kappa shape index (κ1) is 19.6. The Hall–Kier alpha value is -4.19. The van der Waals surface area contributed by atoms with Crippen molar-refractivity contribution < 1.29 is 19.5 Å². The fourth-order valence-corrected chi connectivity index (χ4v) is 2.58. The van der Waals surface area contributed by atoms with Gasteiger partial charge in [0.05, 0.1) is 5.97 Å². The number of carboxylic acids is 1. The second-order valence-corrected chi connectivity index (χ2v) is 6.11. The number of carbonyl (C=O) groups is 3. The van der Waals surface area contributed by atoms with E-state index in [9.17, 15) is 19.5 Å². The van der Waals surface area contributed by atoms with Crippen LogP contribution in [0.3, 0.4) is 0 Å². The molecule has 0 aromatic heterocycles. The molecule has 0 aliphatic rings. The number of carbonyl (C=O) groups excluding carboxylic acids is 3. The monoisotopic (exact) mass is 385 g/mol. The third-order valence-corrected chi connectivity index (χ3v) is 4.00. The van der Waals surface area contributed by atoms with Gasteiger partial charge in [-0.15, -0.1) is 0 Å². The first-order valence-corrected chi connectivity index (χ1v) is 8.79. The first-order chi connectivity index (χ1) is 14.0. The van der Waals surface area contributed by atoms with Crippen molar-refractivity contribution in [3.63, 3.8) is 0 Å². The van der Waals surface area contributed by atoms with E-state index >= 15 is 0 Å². The number of benzene rings is 3. The van der Waals surface area contributed by atoms with Gasteiger partial charge in [0.15, 0.2) is 0 Å². The number of aromatic carboxylic acids is 1. The minimum absolute atomic E-state index is 0.0175. The molecule has 0 bridgehead atoms. The molecule has 0 unspecified atom stereocenters. The summed E-state index contributed by atoms with van der Waals surface area (Å²) < 4.78 is 0. The number of anilines is 1. The molecular weight excluding hydrogens is 368 g/mol. The molecule has 6 heteroatoms. The van der Waals surface area contributed by atoms with E-state index in [4.69, 9.17) is 0 Å². The van der Waals surface area contributed by atoms with E-state index in [0.717, 1.165) is 5.56 Å². The minimum Gasteiger partial charge on any atom is -0.545 e. The van der Waals surface area contributed by atoms with Crippen molar-refractivity contribution in [1.29, 1.82) is 0 Å². The van der Waals surface area contributed by atoms with Crippen LogP contribution in [0.1, 0.15) is 26.3 Å². The van der Waals surface area contributed by atoms with E-state index in [2.05, 4.69) is 10.6 Å². The van der Waals surface area contributed by atoms with Crippen molar-refractivity contribution in [3.8, 4) is 0 Å². The lowest BCUT2D eigenvalue weighted by Gasteiger charge is -2.12. The zero-order valence-corrected chi connectivity index (χ0v) is 15.3. The highest BCUT2D eigenvalue weighted by Crippen LogP contribution is 2.13. The fourth-order valence-electron chi connectivity index (χ4n) is 2.58. The summed E-state index contributed by atoms with van der Waals surface area (Å²) in [6.45, 7) is 0. The smallest absolute Gasteiger partial charge is 0.272 e. The summed E-state index contributed by atoms with van der Waals surface area (Å²) in [6, 6.07) is 23.2. The van der Waals surface area contributed by atoms with Crippen LogP contribution in [0.5, 0.6) is 0 Å². The van der Waals surface area contributed by atoms with Gasteiger partial charge in [0.25, 0.3) is 11.8 Å². The molecule has 6 nitrogen and oxygen atoms in total. The summed E-state index contributed by atoms with van der Waals surface area (Å²) in [5, 5.41) is 16.2. The molecule has 0 saturated carbocycles. The Morgan fingerprint density at radius 1 is 0.759 bits per heavy atom. The van der Waals surface area contributed by atoms with E-state index in [-0.39, 0.29) is 16.9 Å². The molecule has 3 rings (SSSR count). The number of hydrogen-bond donors (Lipinski definition) is 2. The molecule has 0 aliphatic heterocycles. The van der Waals surface area contributed by atoms with Crippen LogP contribution in [0, 0.1) is 0 Å². The molecule has 2 amide bonds. The van der Waals surface area contributed by atoms with Crippen LogP contribution in [0.15, 0.2) is 90.6 Å². The topological polar surface area (TPSA) is 98.3 Å². The van der Waals surface area contributed by atoms with Crippen molar-refractivity contribution >= 4 is 29.5 Å². The van der Waals surface area contributed by atoms with Gasteiger partial charge in [-0.3, -0.25) is 9.59 Å². The second-order valence-electron chi connectivity index (χ2n) is 6.11. The molecule has 0 fully saturated rings. The molecule has 0 aliphatic carbocycles. The van der Waals surface area contributed by atoms with Gasteiger partial charge >= 0.3 is 0 Å². The van der Waals surface area contributed by atoms with Gasteiger partial charge in [0.1, 0.15) is 5.70 Å². The zero-order chi connectivity index (χ0) is 20.6. The molecule has 144 valence electrons. The molecule has 0 radical (unpaired) electrons. The maximum atomic E-state index is 12.8. The van der Waals surface area contributed by atoms with Crippen LogP contribution in [0.25, 0.3) is 6.08 Å². The Balaban J connectivity index is 1.87. The van der Waals surface area contributed by atoms with Crippen LogP contribution in [-0.4, -0.2) is 17.8 Å². The number of hydrogen-bond acceptors (Lipinski definition) is 4. The average Bonchev–Trinajstić information content (AvgIpc) is 2.74. The standard InChI is InChI=1S/C23H18N2O4/c26-21(17-10-5-2-6-11-17)25-20(14-16-8-3-1-4-9-16)22(27)24-19-13-7-12-18(15-19)23(28)29/h1-15H,(H,24,27)(H,25,26)(H,28,29)/p-1/b20-14+. The van der Waals surface area contributed by atoms with Crippen LogP contribution in [0.2, 0.25) is 0 Å². The van der Waals surface area contributed by atoms with E-state index in [1.807, 2.05) is 18.2 Å². The second kappa shape index (κ2) is 9.14. The van der Waals surface area contributed by atoms with Crippen LogP contribution in [0.4, 0.5) is 5.69 Å². The molecule has 0 spiro atoms. The van der Waals surface area contributed by atoms with E-state index in [1.165, 1.54) is 18.2 Å². The van der Waals surface area contributed by atoms with Gasteiger partial charge in [-0.25, -0.2) is 0 Å². The van der Waals surface area contributed by atoms with Crippen molar-refractivity contribution in [3.05, 3.63) is 107 Å². The van der Waals surface area contributed by atoms with Gasteiger partial charge in [0.2, 0.25) is 0 Å².